The predicted molar refractivity (Wildman–Crippen MR) is 71.1 cm³/mol. The number of hydrogen-bond acceptors (Lipinski definition) is 3. The maximum atomic E-state index is 12.0. The fraction of sp³-hybridized carbons (Fsp3) is 0.500. The third kappa shape index (κ3) is 5.97. The zero-order valence-corrected chi connectivity index (χ0v) is 11.6. The van der Waals surface area contributed by atoms with E-state index in [0.29, 0.717) is 0 Å². The molecule has 0 aromatic heterocycles. The van der Waals surface area contributed by atoms with Crippen molar-refractivity contribution in [3.63, 3.8) is 0 Å². The fourth-order valence-electron chi connectivity index (χ4n) is 1.80. The number of nitrogens with zero attached hydrogens (tertiary/aromatic N) is 1. The number of carboxylic acids is 1. The van der Waals surface area contributed by atoms with Crippen molar-refractivity contribution in [1.29, 1.82) is 0 Å². The summed E-state index contributed by atoms with van der Waals surface area (Å²) in [6, 6.07) is 6.62. The molecule has 20 heavy (non-hydrogen) atoms. The lowest BCUT2D eigenvalue weighted by molar-refractivity contribution is -0.138. The van der Waals surface area contributed by atoms with Crippen LogP contribution in [0.4, 0.5) is 8.78 Å². The molecule has 0 saturated heterocycles. The van der Waals surface area contributed by atoms with Gasteiger partial charge in [-0.25, -0.2) is 0 Å². The van der Waals surface area contributed by atoms with Crippen molar-refractivity contribution in [2.75, 3.05) is 13.6 Å². The summed E-state index contributed by atoms with van der Waals surface area (Å²) in [6.45, 7) is -0.856. The van der Waals surface area contributed by atoms with Crippen LogP contribution in [0.3, 0.4) is 0 Å². The average Bonchev–Trinajstić information content (AvgIpc) is 2.36. The first-order valence-corrected chi connectivity index (χ1v) is 6.34. The maximum absolute atomic E-state index is 12.0. The van der Waals surface area contributed by atoms with Gasteiger partial charge in [-0.1, -0.05) is 12.1 Å². The summed E-state index contributed by atoms with van der Waals surface area (Å²) in [5.74, 6) is -0.715. The van der Waals surface area contributed by atoms with E-state index in [0.717, 1.165) is 18.4 Å². The Hall–Kier alpha value is -1.69. The maximum Gasteiger partial charge on any atom is 0.387 e. The first-order valence-electron chi connectivity index (χ1n) is 6.34. The molecule has 0 aliphatic heterocycles. The molecule has 1 aromatic rings. The van der Waals surface area contributed by atoms with E-state index in [1.165, 1.54) is 12.1 Å². The van der Waals surface area contributed by atoms with E-state index >= 15 is 0 Å². The molecule has 0 heterocycles. The van der Waals surface area contributed by atoms with Crippen LogP contribution in [0.25, 0.3) is 0 Å². The van der Waals surface area contributed by atoms with E-state index in [-0.39, 0.29) is 18.3 Å². The quantitative estimate of drug-likeness (QED) is 0.798. The highest BCUT2D eigenvalue weighted by Gasteiger charge is 2.12. The molecule has 0 amide bonds. The normalized spacial score (nSPS) is 12.7. The van der Waals surface area contributed by atoms with Gasteiger partial charge in [0.2, 0.25) is 0 Å². The van der Waals surface area contributed by atoms with E-state index in [1.54, 1.807) is 24.1 Å². The Morgan fingerprint density at radius 3 is 2.45 bits per heavy atom. The van der Waals surface area contributed by atoms with Crippen LogP contribution in [-0.4, -0.2) is 42.2 Å². The monoisotopic (exact) mass is 287 g/mol. The largest absolute Gasteiger partial charge is 0.480 e. The number of benzene rings is 1. The van der Waals surface area contributed by atoms with Gasteiger partial charge >= 0.3 is 12.6 Å². The Morgan fingerprint density at radius 1 is 1.35 bits per heavy atom. The summed E-state index contributed by atoms with van der Waals surface area (Å²) in [6.07, 6.45) is 1.54. The number of rotatable bonds is 8. The zero-order chi connectivity index (χ0) is 15.1. The molecule has 0 fully saturated rings. The molecule has 1 atom stereocenters. The van der Waals surface area contributed by atoms with Crippen molar-refractivity contribution < 1.29 is 23.4 Å². The van der Waals surface area contributed by atoms with Gasteiger partial charge in [-0.3, -0.25) is 9.69 Å². The molecule has 1 unspecified atom stereocenters. The number of carbonyl (C=O) groups is 1. The molecule has 0 spiro atoms. The van der Waals surface area contributed by atoms with Crippen molar-refractivity contribution in [1.82, 2.24) is 4.90 Å². The second-order valence-corrected chi connectivity index (χ2v) is 4.72. The molecule has 0 aliphatic carbocycles. The lowest BCUT2D eigenvalue weighted by atomic mass is 10.1. The van der Waals surface area contributed by atoms with Crippen molar-refractivity contribution in [3.8, 4) is 5.75 Å². The first kappa shape index (κ1) is 16.4. The molecule has 0 saturated carbocycles. The number of likely N-dealkylation sites (N-methyl/N-ethyl adjacent to an activating group) is 1. The third-order valence-corrected chi connectivity index (χ3v) is 3.14. The van der Waals surface area contributed by atoms with Crippen molar-refractivity contribution in [2.24, 2.45) is 0 Å². The van der Waals surface area contributed by atoms with Crippen LogP contribution < -0.4 is 4.74 Å². The highest BCUT2D eigenvalue weighted by atomic mass is 19.3. The van der Waals surface area contributed by atoms with E-state index in [4.69, 9.17) is 5.11 Å². The Bertz CT molecular complexity index is 423. The predicted octanol–water partition coefficient (Wildman–Crippen LogP) is 2.63. The average molecular weight is 287 g/mol. The minimum absolute atomic E-state index is 0.00231. The lowest BCUT2D eigenvalue weighted by Crippen LogP contribution is -2.34. The number of ether oxygens (including phenoxy) is 1. The Morgan fingerprint density at radius 2 is 1.95 bits per heavy atom. The minimum Gasteiger partial charge on any atom is -0.480 e. The van der Waals surface area contributed by atoms with Crippen LogP contribution in [0.15, 0.2) is 24.3 Å². The molecular weight excluding hydrogens is 268 g/mol. The van der Waals surface area contributed by atoms with Crippen molar-refractivity contribution >= 4 is 5.97 Å². The Balaban J connectivity index is 2.43. The molecule has 1 aromatic carbocycles. The van der Waals surface area contributed by atoms with Crippen LogP contribution >= 0.6 is 0 Å². The van der Waals surface area contributed by atoms with Gasteiger partial charge in [-0.2, -0.15) is 8.78 Å². The number of aliphatic carboxylic acids is 1. The number of hydrogen-bond donors (Lipinski definition) is 1. The summed E-state index contributed by atoms with van der Waals surface area (Å²) in [5, 5.41) is 8.70. The molecule has 1 N–H and O–H groups in total. The van der Waals surface area contributed by atoms with E-state index in [1.807, 2.05) is 6.92 Å². The molecular formula is C14H19F2NO3. The second kappa shape index (κ2) is 7.79. The summed E-state index contributed by atoms with van der Waals surface area (Å²) in [4.78, 5) is 12.4. The summed E-state index contributed by atoms with van der Waals surface area (Å²) in [7, 11) is 1.76. The van der Waals surface area contributed by atoms with Gasteiger partial charge in [0, 0.05) is 6.04 Å². The zero-order valence-electron chi connectivity index (χ0n) is 11.6. The van der Waals surface area contributed by atoms with Gasteiger partial charge in [-0.15, -0.1) is 0 Å². The van der Waals surface area contributed by atoms with E-state index in [9.17, 15) is 13.6 Å². The first-order chi connectivity index (χ1) is 9.38. The molecule has 4 nitrogen and oxygen atoms in total. The second-order valence-electron chi connectivity index (χ2n) is 4.72. The molecule has 0 radical (unpaired) electrons. The summed E-state index contributed by atoms with van der Waals surface area (Å²) >= 11 is 0. The van der Waals surface area contributed by atoms with Crippen LogP contribution in [0, 0.1) is 0 Å². The van der Waals surface area contributed by atoms with Gasteiger partial charge in [0.15, 0.2) is 0 Å². The van der Waals surface area contributed by atoms with Gasteiger partial charge in [-0.05, 0) is 44.5 Å². The van der Waals surface area contributed by atoms with Crippen LogP contribution in [0.1, 0.15) is 18.9 Å². The fourth-order valence-corrected chi connectivity index (χ4v) is 1.80. The number of carboxylic acid groups (broad SMARTS) is 1. The van der Waals surface area contributed by atoms with Crippen LogP contribution in [-0.2, 0) is 11.2 Å². The summed E-state index contributed by atoms with van der Waals surface area (Å²) in [5.41, 5.74) is 1.00. The highest BCUT2D eigenvalue weighted by molar-refractivity contribution is 5.69. The smallest absolute Gasteiger partial charge is 0.387 e. The SMILES string of the molecule is CC(CCc1ccc(OC(F)F)cc1)N(C)CC(=O)O. The standard InChI is InChI=1S/C14H19F2NO3/c1-10(17(2)9-13(18)19)3-4-11-5-7-12(8-6-11)20-14(15)16/h5-8,10,14H,3-4,9H2,1-2H3,(H,18,19). The summed E-state index contributed by atoms with van der Waals surface area (Å²) < 4.78 is 28.3. The van der Waals surface area contributed by atoms with E-state index < -0.39 is 12.6 Å². The Kier molecular flexibility index (Phi) is 6.38. The molecule has 1 rings (SSSR count). The van der Waals surface area contributed by atoms with Crippen molar-refractivity contribution in [3.05, 3.63) is 29.8 Å². The number of alkyl halides is 2. The number of aryl methyl sites for hydroxylation is 1. The van der Waals surface area contributed by atoms with Crippen LogP contribution in [0.2, 0.25) is 0 Å². The highest BCUT2D eigenvalue weighted by Crippen LogP contribution is 2.16. The molecule has 0 bridgehead atoms. The van der Waals surface area contributed by atoms with Crippen LogP contribution in [0.5, 0.6) is 5.75 Å². The van der Waals surface area contributed by atoms with E-state index in [2.05, 4.69) is 4.74 Å². The topological polar surface area (TPSA) is 49.8 Å². The lowest BCUT2D eigenvalue weighted by Gasteiger charge is -2.22. The number of halogens is 2. The molecule has 112 valence electrons. The minimum atomic E-state index is -2.81. The third-order valence-electron chi connectivity index (χ3n) is 3.14. The van der Waals surface area contributed by atoms with Gasteiger partial charge in [0.05, 0.1) is 6.54 Å². The Labute approximate surface area is 117 Å². The molecule has 6 heteroatoms. The van der Waals surface area contributed by atoms with Gasteiger partial charge in [0.25, 0.3) is 0 Å². The molecule has 0 aliphatic rings. The van der Waals surface area contributed by atoms with Gasteiger partial charge in [0.1, 0.15) is 5.75 Å². The van der Waals surface area contributed by atoms with Gasteiger partial charge < -0.3 is 9.84 Å². The van der Waals surface area contributed by atoms with Crippen molar-refractivity contribution in [2.45, 2.75) is 32.4 Å².